The van der Waals surface area contributed by atoms with Gasteiger partial charge in [-0.05, 0) is 62.1 Å². The van der Waals surface area contributed by atoms with Crippen LogP contribution in [0.4, 0.5) is 11.5 Å². The fraction of sp³-hybridized carbons (Fsp3) is 0.217. The van der Waals surface area contributed by atoms with Gasteiger partial charge in [0.15, 0.2) is 5.82 Å². The molecule has 152 valence electrons. The molecule has 0 radical (unpaired) electrons. The standard InChI is InChI=1S/C23H24N6S/c1-27(2)15-18-7-11-22(30-18)20-9-10-21-23(25-20)29(26-28(21)3)14-16-6-8-19-17(13-16)5-4-12-24-19/h4-13,26H,14-15H2,1-3H3. The molecule has 0 fully saturated rings. The van der Waals surface area contributed by atoms with Gasteiger partial charge in [0.05, 0.1) is 28.3 Å². The van der Waals surface area contributed by atoms with Gasteiger partial charge in [0, 0.05) is 30.1 Å². The number of anilines is 2. The van der Waals surface area contributed by atoms with Crippen LogP contribution in [0.5, 0.6) is 0 Å². The third-order valence-corrected chi connectivity index (χ3v) is 6.23. The molecule has 1 N–H and O–H groups in total. The second-order valence-electron chi connectivity index (χ2n) is 7.82. The molecule has 30 heavy (non-hydrogen) atoms. The van der Waals surface area contributed by atoms with Crippen LogP contribution in [0.2, 0.25) is 0 Å². The highest BCUT2D eigenvalue weighted by Crippen LogP contribution is 2.36. The Morgan fingerprint density at radius 2 is 1.97 bits per heavy atom. The normalized spacial score (nSPS) is 13.5. The number of benzene rings is 1. The van der Waals surface area contributed by atoms with Crippen molar-refractivity contribution in [3.8, 4) is 10.6 Å². The van der Waals surface area contributed by atoms with Gasteiger partial charge in [-0.25, -0.2) is 4.98 Å². The molecule has 1 aromatic carbocycles. The van der Waals surface area contributed by atoms with Gasteiger partial charge >= 0.3 is 0 Å². The smallest absolute Gasteiger partial charge is 0.170 e. The topological polar surface area (TPSA) is 47.5 Å². The molecule has 0 unspecified atom stereocenters. The van der Waals surface area contributed by atoms with Crippen molar-refractivity contribution in [1.82, 2.24) is 20.4 Å². The molecular weight excluding hydrogens is 392 g/mol. The predicted molar refractivity (Wildman–Crippen MR) is 124 cm³/mol. The van der Waals surface area contributed by atoms with Crippen LogP contribution < -0.4 is 15.6 Å². The lowest BCUT2D eigenvalue weighted by Gasteiger charge is -2.19. The van der Waals surface area contributed by atoms with E-state index >= 15 is 0 Å². The molecule has 0 saturated carbocycles. The number of nitrogens with one attached hydrogen (secondary N) is 1. The van der Waals surface area contributed by atoms with Crippen LogP contribution in [-0.2, 0) is 13.1 Å². The van der Waals surface area contributed by atoms with Gasteiger partial charge in [-0.3, -0.25) is 15.0 Å². The summed E-state index contributed by atoms with van der Waals surface area (Å²) in [5.74, 6) is 0.948. The van der Waals surface area contributed by atoms with Gasteiger partial charge in [-0.1, -0.05) is 12.1 Å². The van der Waals surface area contributed by atoms with E-state index in [1.807, 2.05) is 24.3 Å². The summed E-state index contributed by atoms with van der Waals surface area (Å²) in [5, 5.41) is 5.27. The van der Waals surface area contributed by atoms with Crippen molar-refractivity contribution in [3.63, 3.8) is 0 Å². The second-order valence-corrected chi connectivity index (χ2v) is 8.99. The number of fused-ring (bicyclic) bond motifs is 2. The summed E-state index contributed by atoms with van der Waals surface area (Å²) >= 11 is 1.80. The predicted octanol–water partition coefficient (Wildman–Crippen LogP) is 4.30. The number of hydrogen-bond acceptors (Lipinski definition) is 7. The summed E-state index contributed by atoms with van der Waals surface area (Å²) in [7, 11) is 6.20. The van der Waals surface area contributed by atoms with E-state index in [-0.39, 0.29) is 0 Å². The molecule has 0 amide bonds. The second kappa shape index (κ2) is 7.68. The molecule has 0 bridgehead atoms. The molecular formula is C23H24N6S. The monoisotopic (exact) mass is 416 g/mol. The number of thiophene rings is 1. The van der Waals surface area contributed by atoms with Gasteiger partial charge in [-0.2, -0.15) is 0 Å². The number of hydrogen-bond donors (Lipinski definition) is 1. The van der Waals surface area contributed by atoms with Crippen LogP contribution in [0.1, 0.15) is 10.4 Å². The van der Waals surface area contributed by atoms with Crippen molar-refractivity contribution in [2.24, 2.45) is 0 Å². The van der Waals surface area contributed by atoms with E-state index in [1.54, 1.807) is 11.3 Å². The lowest BCUT2D eigenvalue weighted by Crippen LogP contribution is -2.41. The maximum absolute atomic E-state index is 5.01. The Kier molecular flexibility index (Phi) is 4.86. The van der Waals surface area contributed by atoms with E-state index < -0.39 is 0 Å². The highest BCUT2D eigenvalue weighted by molar-refractivity contribution is 7.15. The quantitative estimate of drug-likeness (QED) is 0.524. The van der Waals surface area contributed by atoms with Gasteiger partial charge in [0.25, 0.3) is 0 Å². The third-order valence-electron chi connectivity index (χ3n) is 5.14. The summed E-state index contributed by atoms with van der Waals surface area (Å²) < 4.78 is 0. The van der Waals surface area contributed by atoms with Crippen molar-refractivity contribution < 1.29 is 0 Å². The molecule has 5 rings (SSSR count). The van der Waals surface area contributed by atoms with Gasteiger partial charge in [0.1, 0.15) is 0 Å². The zero-order valence-electron chi connectivity index (χ0n) is 17.3. The Morgan fingerprint density at radius 1 is 1.07 bits per heavy atom. The van der Waals surface area contributed by atoms with E-state index in [2.05, 4.69) is 83.1 Å². The van der Waals surface area contributed by atoms with Crippen LogP contribution in [0.15, 0.2) is 60.8 Å². The number of rotatable bonds is 5. The van der Waals surface area contributed by atoms with Crippen LogP contribution in [0, 0.1) is 0 Å². The number of aromatic nitrogens is 2. The van der Waals surface area contributed by atoms with Gasteiger partial charge < -0.3 is 4.90 Å². The minimum absolute atomic E-state index is 0.717. The van der Waals surface area contributed by atoms with Gasteiger partial charge in [-0.15, -0.1) is 16.9 Å². The molecule has 3 aromatic heterocycles. The molecule has 0 atom stereocenters. The van der Waals surface area contributed by atoms with E-state index in [1.165, 1.54) is 15.3 Å². The molecule has 0 saturated heterocycles. The first kappa shape index (κ1) is 19.0. The number of hydrazine groups is 2. The zero-order chi connectivity index (χ0) is 20.7. The fourth-order valence-corrected chi connectivity index (χ4v) is 4.85. The average Bonchev–Trinajstić information content (AvgIpc) is 3.32. The summed E-state index contributed by atoms with van der Waals surface area (Å²) in [5.41, 5.74) is 7.72. The van der Waals surface area contributed by atoms with Crippen molar-refractivity contribution in [2.75, 3.05) is 31.2 Å². The van der Waals surface area contributed by atoms with Crippen molar-refractivity contribution in [1.29, 1.82) is 0 Å². The highest BCUT2D eigenvalue weighted by atomic mass is 32.1. The van der Waals surface area contributed by atoms with E-state index in [4.69, 9.17) is 4.98 Å². The Balaban J connectivity index is 1.44. The van der Waals surface area contributed by atoms with E-state index in [0.717, 1.165) is 41.2 Å². The summed E-state index contributed by atoms with van der Waals surface area (Å²) in [6, 6.07) is 19.1. The first-order valence-corrected chi connectivity index (χ1v) is 10.7. The highest BCUT2D eigenvalue weighted by Gasteiger charge is 2.25. The fourth-order valence-electron chi connectivity index (χ4n) is 3.75. The Labute approximate surface area is 180 Å². The van der Waals surface area contributed by atoms with Crippen molar-refractivity contribution >= 4 is 33.7 Å². The average molecular weight is 417 g/mol. The molecule has 0 aliphatic carbocycles. The molecule has 6 nitrogen and oxygen atoms in total. The van der Waals surface area contributed by atoms with E-state index in [0.29, 0.717) is 0 Å². The van der Waals surface area contributed by atoms with Gasteiger partial charge in [0.2, 0.25) is 0 Å². The zero-order valence-corrected chi connectivity index (χ0v) is 18.1. The minimum atomic E-state index is 0.717. The molecule has 1 aliphatic heterocycles. The maximum atomic E-state index is 5.01. The first-order chi connectivity index (χ1) is 14.6. The molecule has 4 aromatic rings. The minimum Gasteiger partial charge on any atom is -0.304 e. The third kappa shape index (κ3) is 3.63. The van der Waals surface area contributed by atoms with Crippen molar-refractivity contribution in [2.45, 2.75) is 13.1 Å². The Morgan fingerprint density at radius 3 is 2.83 bits per heavy atom. The van der Waals surface area contributed by atoms with Crippen LogP contribution in [0.25, 0.3) is 21.5 Å². The molecule has 0 spiro atoms. The first-order valence-electron chi connectivity index (χ1n) is 9.93. The Bertz CT molecular complexity index is 1200. The maximum Gasteiger partial charge on any atom is 0.170 e. The van der Waals surface area contributed by atoms with Crippen molar-refractivity contribution in [3.05, 3.63) is 71.2 Å². The number of nitrogens with zero attached hydrogens (tertiary/aromatic N) is 5. The summed E-state index contributed by atoms with van der Waals surface area (Å²) in [6.45, 7) is 1.66. The van der Waals surface area contributed by atoms with Crippen LogP contribution in [0.3, 0.4) is 0 Å². The largest absolute Gasteiger partial charge is 0.304 e. The summed E-state index contributed by atoms with van der Waals surface area (Å²) in [4.78, 5) is 14.2. The lowest BCUT2D eigenvalue weighted by molar-refractivity contribution is 0.406. The lowest BCUT2D eigenvalue weighted by atomic mass is 10.1. The number of pyridine rings is 2. The van der Waals surface area contributed by atoms with E-state index in [9.17, 15) is 0 Å². The molecule has 7 heteroatoms. The molecule has 1 aliphatic rings. The SMILES string of the molecule is CN(C)Cc1ccc(-c2ccc3c(n2)N(Cc2ccc4ncccc4c2)NN3C)s1. The molecule has 4 heterocycles. The Hall–Kier alpha value is -3.00. The van der Waals surface area contributed by atoms with Crippen LogP contribution >= 0.6 is 11.3 Å². The summed E-state index contributed by atoms with van der Waals surface area (Å²) in [6.07, 6.45) is 1.83. The van der Waals surface area contributed by atoms with Crippen LogP contribution in [-0.4, -0.2) is 36.0 Å².